The molecular weight excluding hydrogens is 200 g/mol. The van der Waals surface area contributed by atoms with Crippen LogP contribution in [0.1, 0.15) is 0 Å². The molecule has 0 fully saturated rings. The average Bonchev–Trinajstić information content (AvgIpc) is 2.18. The Kier molecular flexibility index (Phi) is 2.43. The average molecular weight is 207 g/mol. The van der Waals surface area contributed by atoms with E-state index in [-0.39, 0.29) is 0 Å². The number of rotatable bonds is 2. The van der Waals surface area contributed by atoms with Crippen molar-refractivity contribution < 1.29 is 8.76 Å². The number of aromatic nitrogens is 1. The van der Waals surface area contributed by atoms with Crippen LogP contribution >= 0.6 is 0 Å². The molecule has 0 aliphatic carbocycles. The maximum atomic E-state index is 10.5. The largest absolute Gasteiger partial charge is 0.755 e. The summed E-state index contributed by atoms with van der Waals surface area (Å²) in [6, 6.07) is 9.01. The van der Waals surface area contributed by atoms with Gasteiger partial charge in [0, 0.05) is 22.8 Å². The van der Waals surface area contributed by atoms with Crippen LogP contribution in [0, 0.1) is 0 Å². The highest BCUT2D eigenvalue weighted by atomic mass is 32.2. The molecule has 1 unspecified atom stereocenters. The first-order valence-electron chi connectivity index (χ1n) is 3.97. The molecule has 1 N–H and O–H groups in total. The second-order valence-corrected chi connectivity index (χ2v) is 3.39. The van der Waals surface area contributed by atoms with E-state index in [9.17, 15) is 8.76 Å². The van der Waals surface area contributed by atoms with Gasteiger partial charge in [-0.1, -0.05) is 18.2 Å². The Morgan fingerprint density at radius 1 is 1.29 bits per heavy atom. The van der Waals surface area contributed by atoms with Gasteiger partial charge in [-0.3, -0.25) is 9.19 Å². The summed E-state index contributed by atoms with van der Waals surface area (Å²) in [5, 5.41) is 0.906. The molecule has 2 rings (SSSR count). The van der Waals surface area contributed by atoms with E-state index in [0.29, 0.717) is 11.2 Å². The predicted molar refractivity (Wildman–Crippen MR) is 54.3 cm³/mol. The monoisotopic (exact) mass is 207 g/mol. The molecule has 0 aliphatic rings. The molecule has 0 amide bonds. The number of nitrogens with one attached hydrogen (secondary N) is 1. The Morgan fingerprint density at radius 3 is 2.86 bits per heavy atom. The van der Waals surface area contributed by atoms with E-state index >= 15 is 0 Å². The fourth-order valence-electron chi connectivity index (χ4n) is 1.28. The van der Waals surface area contributed by atoms with Gasteiger partial charge in [0.2, 0.25) is 0 Å². The lowest BCUT2D eigenvalue weighted by Crippen LogP contribution is -2.02. The van der Waals surface area contributed by atoms with Crippen molar-refractivity contribution >= 4 is 27.9 Å². The van der Waals surface area contributed by atoms with Gasteiger partial charge < -0.3 is 9.27 Å². The lowest BCUT2D eigenvalue weighted by atomic mass is 10.2. The van der Waals surface area contributed by atoms with Crippen molar-refractivity contribution in [3.63, 3.8) is 0 Å². The van der Waals surface area contributed by atoms with Gasteiger partial charge in [-0.05, 0) is 12.1 Å². The second kappa shape index (κ2) is 3.73. The van der Waals surface area contributed by atoms with Crippen molar-refractivity contribution in [3.8, 4) is 0 Å². The van der Waals surface area contributed by atoms with Crippen LogP contribution in [0.5, 0.6) is 0 Å². The van der Waals surface area contributed by atoms with Crippen molar-refractivity contribution in [1.29, 1.82) is 0 Å². The van der Waals surface area contributed by atoms with Gasteiger partial charge in [0.1, 0.15) is 0 Å². The van der Waals surface area contributed by atoms with Gasteiger partial charge in [0.05, 0.1) is 11.2 Å². The van der Waals surface area contributed by atoms with E-state index in [1.807, 2.05) is 12.1 Å². The van der Waals surface area contributed by atoms with Gasteiger partial charge >= 0.3 is 0 Å². The fraction of sp³-hybridized carbons (Fsp3) is 0. The number of fused-ring (bicyclic) bond motifs is 1. The number of nitrogens with zero attached hydrogens (tertiary/aromatic N) is 1. The summed E-state index contributed by atoms with van der Waals surface area (Å²) in [5.74, 6) is 0. The molecule has 72 valence electrons. The van der Waals surface area contributed by atoms with Crippen molar-refractivity contribution in [1.82, 2.24) is 4.98 Å². The zero-order chi connectivity index (χ0) is 9.97. The van der Waals surface area contributed by atoms with E-state index in [1.54, 1.807) is 24.4 Å². The predicted octanol–water partition coefficient (Wildman–Crippen LogP) is 1.44. The third-order valence-electron chi connectivity index (χ3n) is 1.83. The molecule has 1 heterocycles. The SMILES string of the molecule is O=S([O-])Nc1cccc2cccnc12. The fourth-order valence-corrected chi connectivity index (χ4v) is 1.62. The number of pyridine rings is 1. The van der Waals surface area contributed by atoms with Gasteiger partial charge in [-0.15, -0.1) is 0 Å². The number of anilines is 1. The number of para-hydroxylation sites is 1. The Morgan fingerprint density at radius 2 is 2.07 bits per heavy atom. The van der Waals surface area contributed by atoms with Crippen LogP contribution in [0.2, 0.25) is 0 Å². The van der Waals surface area contributed by atoms with Crippen LogP contribution in [-0.2, 0) is 11.3 Å². The maximum absolute atomic E-state index is 10.5. The number of benzene rings is 1. The summed E-state index contributed by atoms with van der Waals surface area (Å²) in [6.07, 6.45) is 1.63. The second-order valence-electron chi connectivity index (χ2n) is 2.72. The lowest BCUT2D eigenvalue weighted by Gasteiger charge is -2.10. The minimum Gasteiger partial charge on any atom is -0.755 e. The zero-order valence-electron chi connectivity index (χ0n) is 7.14. The Balaban J connectivity index is 2.59. The normalized spacial score (nSPS) is 12.6. The summed E-state index contributed by atoms with van der Waals surface area (Å²) in [7, 11) is 0. The van der Waals surface area contributed by atoms with Crippen LogP contribution in [0.15, 0.2) is 36.5 Å². The van der Waals surface area contributed by atoms with Crippen molar-refractivity contribution in [2.75, 3.05) is 4.72 Å². The molecule has 0 aliphatic heterocycles. The van der Waals surface area contributed by atoms with Crippen LogP contribution < -0.4 is 4.72 Å². The standard InChI is InChI=1S/C9H8N2O2S/c12-14(13)11-8-5-1-3-7-4-2-6-10-9(7)8/h1-6,11H,(H,12,13)/p-1. The molecule has 0 bridgehead atoms. The Labute approximate surface area is 83.4 Å². The minimum atomic E-state index is -2.31. The maximum Gasteiger partial charge on any atom is 0.0941 e. The van der Waals surface area contributed by atoms with Crippen molar-refractivity contribution in [3.05, 3.63) is 36.5 Å². The molecule has 5 heteroatoms. The van der Waals surface area contributed by atoms with Gasteiger partial charge in [-0.2, -0.15) is 0 Å². The van der Waals surface area contributed by atoms with Crippen LogP contribution in [0.3, 0.4) is 0 Å². The van der Waals surface area contributed by atoms with Crippen molar-refractivity contribution in [2.45, 2.75) is 0 Å². The summed E-state index contributed by atoms with van der Waals surface area (Å²) in [5.41, 5.74) is 1.15. The van der Waals surface area contributed by atoms with Gasteiger partial charge in [0.15, 0.2) is 0 Å². The summed E-state index contributed by atoms with van der Waals surface area (Å²) < 4.78 is 23.2. The van der Waals surface area contributed by atoms with Crippen LogP contribution in [0.4, 0.5) is 5.69 Å². The smallest absolute Gasteiger partial charge is 0.0941 e. The number of hydrogen-bond acceptors (Lipinski definition) is 3. The molecular formula is C9H7N2O2S-. The molecule has 14 heavy (non-hydrogen) atoms. The third-order valence-corrected chi connectivity index (χ3v) is 2.21. The third kappa shape index (κ3) is 1.73. The molecule has 0 radical (unpaired) electrons. The topological polar surface area (TPSA) is 65.0 Å². The van der Waals surface area contributed by atoms with Gasteiger partial charge in [0.25, 0.3) is 0 Å². The molecule has 1 atom stereocenters. The molecule has 2 aromatic rings. The summed E-state index contributed by atoms with van der Waals surface area (Å²) in [6.45, 7) is 0. The highest BCUT2D eigenvalue weighted by Crippen LogP contribution is 2.20. The minimum absolute atomic E-state index is 0.497. The Bertz CT molecular complexity index is 482. The van der Waals surface area contributed by atoms with E-state index in [0.717, 1.165) is 5.39 Å². The van der Waals surface area contributed by atoms with E-state index < -0.39 is 11.3 Å². The molecule has 1 aromatic carbocycles. The van der Waals surface area contributed by atoms with E-state index in [4.69, 9.17) is 0 Å². The highest BCUT2D eigenvalue weighted by molar-refractivity contribution is 7.80. The Hall–Kier alpha value is -1.46. The molecule has 0 saturated carbocycles. The van der Waals surface area contributed by atoms with Gasteiger partial charge in [-0.25, -0.2) is 0 Å². The molecule has 4 nitrogen and oxygen atoms in total. The molecule has 0 spiro atoms. The quantitative estimate of drug-likeness (QED) is 0.758. The zero-order valence-corrected chi connectivity index (χ0v) is 7.95. The highest BCUT2D eigenvalue weighted by Gasteiger charge is 1.99. The molecule has 1 aromatic heterocycles. The van der Waals surface area contributed by atoms with E-state index in [1.165, 1.54) is 0 Å². The van der Waals surface area contributed by atoms with Crippen molar-refractivity contribution in [2.24, 2.45) is 0 Å². The lowest BCUT2D eigenvalue weighted by molar-refractivity contribution is 0.542. The molecule has 0 saturated heterocycles. The summed E-state index contributed by atoms with van der Waals surface area (Å²) in [4.78, 5) is 4.10. The van der Waals surface area contributed by atoms with E-state index in [2.05, 4.69) is 9.71 Å². The van der Waals surface area contributed by atoms with Crippen LogP contribution in [0.25, 0.3) is 10.9 Å². The van der Waals surface area contributed by atoms with Crippen LogP contribution in [-0.4, -0.2) is 13.7 Å². The first-order chi connectivity index (χ1) is 6.77. The first kappa shape index (κ1) is 9.11. The number of hydrogen-bond donors (Lipinski definition) is 1. The summed E-state index contributed by atoms with van der Waals surface area (Å²) >= 11 is -2.31. The first-order valence-corrected chi connectivity index (χ1v) is 5.04.